The normalized spacial score (nSPS) is 22.5. The number of hydrogen-bond acceptors (Lipinski definition) is 6. The molecule has 3 heterocycles. The number of hydrogen-bond donors (Lipinski definition) is 0. The zero-order valence-electron chi connectivity index (χ0n) is 12.2. The Morgan fingerprint density at radius 1 is 1.48 bits per heavy atom. The van der Waals surface area contributed by atoms with Crippen LogP contribution in [-0.2, 0) is 6.42 Å². The molecule has 0 aliphatic carbocycles. The van der Waals surface area contributed by atoms with Crippen LogP contribution in [0.5, 0.6) is 0 Å². The van der Waals surface area contributed by atoms with Crippen LogP contribution in [-0.4, -0.2) is 38.7 Å². The Balaban J connectivity index is 1.80. The molecular formula is C14H18N4O3. The van der Waals surface area contributed by atoms with E-state index in [9.17, 15) is 4.79 Å². The first-order chi connectivity index (χ1) is 10.2. The van der Waals surface area contributed by atoms with Gasteiger partial charge in [-0.3, -0.25) is 4.79 Å². The first-order valence-electron chi connectivity index (χ1n) is 7.24. The lowest BCUT2D eigenvalue weighted by Crippen LogP contribution is -2.46. The maximum absolute atomic E-state index is 12.4. The third kappa shape index (κ3) is 2.55. The summed E-state index contributed by atoms with van der Waals surface area (Å²) < 4.78 is 10.4. The molecule has 0 aromatic carbocycles. The van der Waals surface area contributed by atoms with Gasteiger partial charge in [-0.05, 0) is 19.8 Å². The molecule has 0 radical (unpaired) electrons. The van der Waals surface area contributed by atoms with Gasteiger partial charge in [-0.2, -0.15) is 0 Å². The standard InChI is InChI=1S/C14H18N4O3/c1-3-12-15-16-13(21-12)10-5-4-7-18(9(10)2)14(19)11-6-8-20-17-11/h6,8-10H,3-5,7H2,1-2H3/t9-,10-/m0/s1. The van der Waals surface area contributed by atoms with Crippen LogP contribution in [0, 0.1) is 0 Å². The molecule has 0 unspecified atom stereocenters. The van der Waals surface area contributed by atoms with Gasteiger partial charge in [0, 0.05) is 25.1 Å². The van der Waals surface area contributed by atoms with E-state index in [0.717, 1.165) is 19.3 Å². The second-order valence-electron chi connectivity index (χ2n) is 5.26. The minimum atomic E-state index is -0.115. The van der Waals surface area contributed by atoms with E-state index in [0.29, 0.717) is 24.0 Å². The summed E-state index contributed by atoms with van der Waals surface area (Å²) in [5.74, 6) is 1.22. The number of nitrogens with zero attached hydrogens (tertiary/aromatic N) is 4. The Hall–Kier alpha value is -2.18. The van der Waals surface area contributed by atoms with Gasteiger partial charge in [-0.1, -0.05) is 12.1 Å². The van der Waals surface area contributed by atoms with Crippen molar-refractivity contribution in [3.8, 4) is 0 Å². The predicted molar refractivity (Wildman–Crippen MR) is 72.7 cm³/mol. The fourth-order valence-corrected chi connectivity index (χ4v) is 2.79. The van der Waals surface area contributed by atoms with Crippen LogP contribution in [0.4, 0.5) is 0 Å². The highest BCUT2D eigenvalue weighted by molar-refractivity contribution is 5.92. The zero-order chi connectivity index (χ0) is 14.8. The summed E-state index contributed by atoms with van der Waals surface area (Å²) in [5.41, 5.74) is 0.335. The third-order valence-electron chi connectivity index (χ3n) is 4.01. The number of likely N-dealkylation sites (tertiary alicyclic amines) is 1. The summed E-state index contributed by atoms with van der Waals surface area (Å²) in [6.45, 7) is 4.69. The van der Waals surface area contributed by atoms with Crippen molar-refractivity contribution in [1.29, 1.82) is 0 Å². The molecule has 0 saturated carbocycles. The first-order valence-corrected chi connectivity index (χ1v) is 7.24. The molecule has 21 heavy (non-hydrogen) atoms. The summed E-state index contributed by atoms with van der Waals surface area (Å²) >= 11 is 0. The first kappa shape index (κ1) is 13.8. The molecule has 1 aliphatic heterocycles. The molecule has 0 bridgehead atoms. The van der Waals surface area contributed by atoms with Gasteiger partial charge in [0.05, 0.1) is 5.92 Å². The molecule has 0 spiro atoms. The molecule has 7 nitrogen and oxygen atoms in total. The van der Waals surface area contributed by atoms with E-state index in [-0.39, 0.29) is 17.9 Å². The van der Waals surface area contributed by atoms with Gasteiger partial charge in [0.2, 0.25) is 11.8 Å². The highest BCUT2D eigenvalue weighted by Gasteiger charge is 2.36. The van der Waals surface area contributed by atoms with Crippen molar-refractivity contribution in [2.75, 3.05) is 6.54 Å². The van der Waals surface area contributed by atoms with Gasteiger partial charge >= 0.3 is 0 Å². The highest BCUT2D eigenvalue weighted by atomic mass is 16.5. The molecular weight excluding hydrogens is 272 g/mol. The smallest absolute Gasteiger partial charge is 0.276 e. The SMILES string of the molecule is CCc1nnc([C@H]2CCCN(C(=O)c3ccon3)[C@H]2C)o1. The number of piperidine rings is 1. The van der Waals surface area contributed by atoms with Crippen molar-refractivity contribution < 1.29 is 13.7 Å². The van der Waals surface area contributed by atoms with E-state index in [1.54, 1.807) is 6.07 Å². The predicted octanol–water partition coefficient (Wildman–Crippen LogP) is 2.03. The van der Waals surface area contributed by atoms with Crippen molar-refractivity contribution in [3.63, 3.8) is 0 Å². The van der Waals surface area contributed by atoms with E-state index < -0.39 is 0 Å². The third-order valence-corrected chi connectivity index (χ3v) is 4.01. The maximum atomic E-state index is 12.4. The number of amides is 1. The lowest BCUT2D eigenvalue weighted by atomic mass is 9.90. The molecule has 1 aliphatic rings. The van der Waals surface area contributed by atoms with Crippen LogP contribution in [0.25, 0.3) is 0 Å². The van der Waals surface area contributed by atoms with Crippen molar-refractivity contribution >= 4 is 5.91 Å². The van der Waals surface area contributed by atoms with E-state index in [1.165, 1.54) is 6.26 Å². The molecule has 0 N–H and O–H groups in total. The van der Waals surface area contributed by atoms with Crippen LogP contribution in [0.3, 0.4) is 0 Å². The Labute approximate surface area is 122 Å². The lowest BCUT2D eigenvalue weighted by molar-refractivity contribution is 0.0572. The minimum absolute atomic E-state index is 0.00638. The Morgan fingerprint density at radius 2 is 2.33 bits per heavy atom. The number of aromatic nitrogens is 3. The number of carbonyl (C=O) groups excluding carboxylic acids is 1. The summed E-state index contributed by atoms with van der Waals surface area (Å²) in [6, 6.07) is 1.58. The van der Waals surface area contributed by atoms with Gasteiger partial charge in [-0.15, -0.1) is 10.2 Å². The molecule has 3 rings (SSSR count). The zero-order valence-corrected chi connectivity index (χ0v) is 12.2. The van der Waals surface area contributed by atoms with Crippen LogP contribution in [0.15, 0.2) is 21.3 Å². The van der Waals surface area contributed by atoms with Crippen LogP contribution < -0.4 is 0 Å². The molecule has 2 aromatic rings. The highest BCUT2D eigenvalue weighted by Crippen LogP contribution is 2.32. The molecule has 7 heteroatoms. The molecule has 2 aromatic heterocycles. The fraction of sp³-hybridized carbons (Fsp3) is 0.571. The average Bonchev–Trinajstić information content (AvgIpc) is 3.18. The lowest BCUT2D eigenvalue weighted by Gasteiger charge is -2.37. The topological polar surface area (TPSA) is 85.3 Å². The van der Waals surface area contributed by atoms with Crippen LogP contribution in [0.1, 0.15) is 54.9 Å². The average molecular weight is 290 g/mol. The second kappa shape index (κ2) is 5.67. The van der Waals surface area contributed by atoms with E-state index in [2.05, 4.69) is 15.4 Å². The van der Waals surface area contributed by atoms with E-state index in [4.69, 9.17) is 8.94 Å². The minimum Gasteiger partial charge on any atom is -0.425 e. The second-order valence-corrected chi connectivity index (χ2v) is 5.26. The number of rotatable bonds is 3. The van der Waals surface area contributed by atoms with E-state index in [1.807, 2.05) is 18.7 Å². The van der Waals surface area contributed by atoms with Crippen molar-refractivity contribution in [2.45, 2.75) is 45.1 Å². The van der Waals surface area contributed by atoms with Crippen LogP contribution in [0.2, 0.25) is 0 Å². The van der Waals surface area contributed by atoms with Gasteiger partial charge in [-0.25, -0.2) is 0 Å². The van der Waals surface area contributed by atoms with Gasteiger partial charge in [0.15, 0.2) is 5.69 Å². The maximum Gasteiger partial charge on any atom is 0.276 e. The molecule has 1 saturated heterocycles. The Kier molecular flexibility index (Phi) is 3.72. The van der Waals surface area contributed by atoms with Crippen molar-refractivity contribution in [2.24, 2.45) is 0 Å². The molecule has 2 atom stereocenters. The Bertz CT molecular complexity index is 608. The van der Waals surface area contributed by atoms with Crippen molar-refractivity contribution in [1.82, 2.24) is 20.3 Å². The summed E-state index contributed by atoms with van der Waals surface area (Å²) in [7, 11) is 0. The van der Waals surface area contributed by atoms with Gasteiger partial charge in [0.25, 0.3) is 5.91 Å². The monoisotopic (exact) mass is 290 g/mol. The molecule has 1 amide bonds. The summed E-state index contributed by atoms with van der Waals surface area (Å²) in [6.07, 6.45) is 3.97. The fourth-order valence-electron chi connectivity index (χ4n) is 2.79. The van der Waals surface area contributed by atoms with E-state index >= 15 is 0 Å². The van der Waals surface area contributed by atoms with Crippen molar-refractivity contribution in [3.05, 3.63) is 29.8 Å². The number of aryl methyl sites for hydroxylation is 1. The van der Waals surface area contributed by atoms with Gasteiger partial charge < -0.3 is 13.8 Å². The largest absolute Gasteiger partial charge is 0.425 e. The summed E-state index contributed by atoms with van der Waals surface area (Å²) in [5, 5.41) is 11.9. The Morgan fingerprint density at radius 3 is 3.00 bits per heavy atom. The quantitative estimate of drug-likeness (QED) is 0.859. The van der Waals surface area contributed by atoms with Crippen LogP contribution >= 0.6 is 0 Å². The summed E-state index contributed by atoms with van der Waals surface area (Å²) in [4.78, 5) is 14.3. The van der Waals surface area contributed by atoms with Gasteiger partial charge in [0.1, 0.15) is 6.26 Å². The number of carbonyl (C=O) groups is 1. The molecule has 112 valence electrons. The molecule has 1 fully saturated rings.